The molecule has 0 amide bonds. The third-order valence-corrected chi connectivity index (χ3v) is 3.80. The van der Waals surface area contributed by atoms with Crippen molar-refractivity contribution in [3.63, 3.8) is 0 Å². The van der Waals surface area contributed by atoms with E-state index >= 15 is 0 Å². The number of aliphatic hydroxyl groups is 1. The highest BCUT2D eigenvalue weighted by Crippen LogP contribution is 2.45. The van der Waals surface area contributed by atoms with Gasteiger partial charge in [0.1, 0.15) is 5.60 Å². The Hall–Kier alpha value is -0.910. The minimum absolute atomic E-state index is 0.0422. The molecule has 0 unspecified atom stereocenters. The van der Waals surface area contributed by atoms with Crippen LogP contribution in [0.3, 0.4) is 0 Å². The monoisotopic (exact) mass is 255 g/mol. The van der Waals surface area contributed by atoms with Crippen LogP contribution in [0.15, 0.2) is 30.3 Å². The lowest BCUT2D eigenvalue weighted by Gasteiger charge is -2.28. The molecule has 2 N–H and O–H groups in total. The highest BCUT2D eigenvalue weighted by Gasteiger charge is 2.45. The Labute approximate surface area is 102 Å². The highest BCUT2D eigenvalue weighted by atomic mass is 32.2. The molecule has 0 aliphatic heterocycles. The maximum atomic E-state index is 11.1. The second kappa shape index (κ2) is 4.40. The number of hydrogen-bond donors (Lipinski definition) is 2. The lowest BCUT2D eigenvalue weighted by atomic mass is 9.89. The second-order valence-corrected chi connectivity index (χ2v) is 6.49. The summed E-state index contributed by atoms with van der Waals surface area (Å²) in [6, 6.07) is 9.25. The average Bonchev–Trinajstić information content (AvgIpc) is 3.10. The molecule has 0 radical (unpaired) electrons. The molecule has 94 valence electrons. The van der Waals surface area contributed by atoms with Crippen molar-refractivity contribution in [2.45, 2.75) is 18.4 Å². The Kier molecular flexibility index (Phi) is 3.25. The molecule has 0 spiro atoms. The fourth-order valence-corrected chi connectivity index (χ4v) is 2.49. The Morgan fingerprint density at radius 1 is 1.35 bits per heavy atom. The topological polar surface area (TPSA) is 66.4 Å². The van der Waals surface area contributed by atoms with Gasteiger partial charge in [-0.2, -0.15) is 0 Å². The van der Waals surface area contributed by atoms with Gasteiger partial charge in [-0.25, -0.2) is 13.1 Å². The summed E-state index contributed by atoms with van der Waals surface area (Å²) in [5, 5.41) is 10.7. The number of benzene rings is 1. The van der Waals surface area contributed by atoms with Gasteiger partial charge in [0, 0.05) is 6.54 Å². The minimum Gasteiger partial charge on any atom is -0.383 e. The quantitative estimate of drug-likeness (QED) is 0.819. The minimum atomic E-state index is -3.28. The standard InChI is InChI=1S/C12H17NO3S/c1-17(15,16)13-9-12(14,11-7-8-11)10-5-3-2-4-6-10/h2-6,11,13-14H,7-9H2,1H3/t12-/m0/s1. The number of sulfonamides is 1. The van der Waals surface area contributed by atoms with E-state index in [4.69, 9.17) is 0 Å². The molecule has 1 aliphatic rings. The fourth-order valence-electron chi connectivity index (χ4n) is 2.01. The summed E-state index contributed by atoms with van der Waals surface area (Å²) in [5.41, 5.74) is -0.302. The van der Waals surface area contributed by atoms with Crippen LogP contribution in [0, 0.1) is 5.92 Å². The van der Waals surface area contributed by atoms with Gasteiger partial charge in [-0.05, 0) is 24.3 Å². The Bertz CT molecular complexity index is 482. The highest BCUT2D eigenvalue weighted by molar-refractivity contribution is 7.88. The maximum absolute atomic E-state index is 11.1. The van der Waals surface area contributed by atoms with Gasteiger partial charge in [0.05, 0.1) is 6.26 Å². The third kappa shape index (κ3) is 3.06. The van der Waals surface area contributed by atoms with E-state index in [2.05, 4.69) is 4.72 Å². The van der Waals surface area contributed by atoms with E-state index in [1.807, 2.05) is 30.3 Å². The van der Waals surface area contributed by atoms with Gasteiger partial charge in [-0.1, -0.05) is 30.3 Å². The van der Waals surface area contributed by atoms with Gasteiger partial charge in [0.25, 0.3) is 0 Å². The summed E-state index contributed by atoms with van der Waals surface area (Å²) in [7, 11) is -3.28. The Morgan fingerprint density at radius 2 is 1.94 bits per heavy atom. The van der Waals surface area contributed by atoms with Crippen molar-refractivity contribution in [2.75, 3.05) is 12.8 Å². The zero-order valence-corrected chi connectivity index (χ0v) is 10.6. The predicted octanol–water partition coefficient (Wildman–Crippen LogP) is 0.833. The predicted molar refractivity (Wildman–Crippen MR) is 65.9 cm³/mol. The van der Waals surface area contributed by atoms with E-state index < -0.39 is 15.6 Å². The first kappa shape index (κ1) is 12.5. The van der Waals surface area contributed by atoms with E-state index in [1.54, 1.807) is 0 Å². The van der Waals surface area contributed by atoms with Gasteiger partial charge in [-0.3, -0.25) is 0 Å². The summed E-state index contributed by atoms with van der Waals surface area (Å²) in [6.07, 6.45) is 2.99. The van der Waals surface area contributed by atoms with Crippen molar-refractivity contribution in [3.8, 4) is 0 Å². The molecule has 1 fully saturated rings. The third-order valence-electron chi connectivity index (χ3n) is 3.13. The Balaban J connectivity index is 2.21. The van der Waals surface area contributed by atoms with E-state index in [0.29, 0.717) is 0 Å². The van der Waals surface area contributed by atoms with E-state index in [0.717, 1.165) is 24.7 Å². The summed E-state index contributed by atoms with van der Waals surface area (Å²) < 4.78 is 24.7. The zero-order chi connectivity index (χ0) is 12.5. The van der Waals surface area contributed by atoms with Crippen LogP contribution in [0.4, 0.5) is 0 Å². The lowest BCUT2D eigenvalue weighted by Crippen LogP contribution is -2.42. The zero-order valence-electron chi connectivity index (χ0n) is 9.76. The fraction of sp³-hybridized carbons (Fsp3) is 0.500. The molecule has 1 aromatic rings. The van der Waals surface area contributed by atoms with Crippen LogP contribution in [-0.2, 0) is 15.6 Å². The van der Waals surface area contributed by atoms with Crippen LogP contribution in [0.2, 0.25) is 0 Å². The summed E-state index contributed by atoms with van der Waals surface area (Å²) in [4.78, 5) is 0. The summed E-state index contributed by atoms with van der Waals surface area (Å²) in [5.74, 6) is 0.152. The SMILES string of the molecule is CS(=O)(=O)NC[C@](O)(c1ccccc1)C1CC1. The molecule has 1 aliphatic carbocycles. The summed E-state index contributed by atoms with van der Waals surface area (Å²) >= 11 is 0. The van der Waals surface area contributed by atoms with Gasteiger partial charge in [0.2, 0.25) is 10.0 Å². The molecule has 0 heterocycles. The van der Waals surface area contributed by atoms with Gasteiger partial charge in [-0.15, -0.1) is 0 Å². The molecule has 1 atom stereocenters. The number of nitrogens with one attached hydrogen (secondary N) is 1. The molecule has 17 heavy (non-hydrogen) atoms. The van der Waals surface area contributed by atoms with Crippen LogP contribution in [0.5, 0.6) is 0 Å². The van der Waals surface area contributed by atoms with E-state index in [-0.39, 0.29) is 12.5 Å². The van der Waals surface area contributed by atoms with Crippen molar-refractivity contribution in [3.05, 3.63) is 35.9 Å². The molecular weight excluding hydrogens is 238 g/mol. The van der Waals surface area contributed by atoms with Gasteiger partial charge < -0.3 is 5.11 Å². The molecule has 0 bridgehead atoms. The number of rotatable bonds is 5. The molecule has 1 aromatic carbocycles. The molecule has 0 aromatic heterocycles. The average molecular weight is 255 g/mol. The van der Waals surface area contributed by atoms with Crippen LogP contribution in [-0.4, -0.2) is 26.3 Å². The van der Waals surface area contributed by atoms with Crippen molar-refractivity contribution < 1.29 is 13.5 Å². The van der Waals surface area contributed by atoms with Gasteiger partial charge >= 0.3 is 0 Å². The van der Waals surface area contributed by atoms with Crippen LogP contribution in [0.25, 0.3) is 0 Å². The normalized spacial score (nSPS) is 19.9. The maximum Gasteiger partial charge on any atom is 0.208 e. The van der Waals surface area contributed by atoms with Crippen molar-refractivity contribution >= 4 is 10.0 Å². The molecule has 4 nitrogen and oxygen atoms in total. The van der Waals surface area contributed by atoms with E-state index in [9.17, 15) is 13.5 Å². The van der Waals surface area contributed by atoms with Crippen molar-refractivity contribution in [1.29, 1.82) is 0 Å². The van der Waals surface area contributed by atoms with E-state index in [1.165, 1.54) is 0 Å². The smallest absolute Gasteiger partial charge is 0.208 e. The number of hydrogen-bond acceptors (Lipinski definition) is 3. The van der Waals surface area contributed by atoms with Crippen molar-refractivity contribution in [2.24, 2.45) is 5.92 Å². The molecule has 2 rings (SSSR count). The Morgan fingerprint density at radius 3 is 2.41 bits per heavy atom. The lowest BCUT2D eigenvalue weighted by molar-refractivity contribution is 0.0186. The largest absolute Gasteiger partial charge is 0.383 e. The molecule has 0 saturated heterocycles. The second-order valence-electron chi connectivity index (χ2n) is 4.66. The first-order valence-electron chi connectivity index (χ1n) is 5.64. The summed E-state index contributed by atoms with van der Waals surface area (Å²) in [6.45, 7) is 0.0422. The molecular formula is C12H17NO3S. The van der Waals surface area contributed by atoms with Crippen LogP contribution >= 0.6 is 0 Å². The first-order chi connectivity index (χ1) is 7.92. The molecule has 1 saturated carbocycles. The van der Waals surface area contributed by atoms with Crippen molar-refractivity contribution in [1.82, 2.24) is 4.72 Å². The first-order valence-corrected chi connectivity index (χ1v) is 7.53. The molecule has 5 heteroatoms. The van der Waals surface area contributed by atoms with Gasteiger partial charge in [0.15, 0.2) is 0 Å². The van der Waals surface area contributed by atoms with Crippen LogP contribution in [0.1, 0.15) is 18.4 Å². The van der Waals surface area contributed by atoms with Crippen LogP contribution < -0.4 is 4.72 Å².